The van der Waals surface area contributed by atoms with Crippen molar-refractivity contribution in [1.82, 2.24) is 14.4 Å². The molecular formula is C14H24N3OP. The maximum Gasteiger partial charge on any atom is 0.283 e. The zero-order valence-corrected chi connectivity index (χ0v) is 13.1. The van der Waals surface area contributed by atoms with Crippen molar-refractivity contribution in [1.29, 1.82) is 0 Å². The van der Waals surface area contributed by atoms with Crippen molar-refractivity contribution in [2.24, 2.45) is 0 Å². The smallest absolute Gasteiger partial charge is 0.271 e. The third kappa shape index (κ3) is 4.02. The standard InChI is InChI=1S/C14H24N3OP/c1-6-10-14(13-11-8-7-9-12-13)15-19(18,16(2)3)17(4)5/h6-9,11-12,14H,1,10H2,2-5H3,(H,15,18). The lowest BCUT2D eigenvalue weighted by Gasteiger charge is -2.34. The fraction of sp³-hybridized carbons (Fsp3) is 0.429. The van der Waals surface area contributed by atoms with Crippen LogP contribution in [0.25, 0.3) is 0 Å². The molecule has 1 atom stereocenters. The van der Waals surface area contributed by atoms with E-state index in [2.05, 4.69) is 11.7 Å². The largest absolute Gasteiger partial charge is 0.283 e. The minimum absolute atomic E-state index is 0.00525. The summed E-state index contributed by atoms with van der Waals surface area (Å²) in [6.45, 7) is 3.79. The molecule has 0 saturated heterocycles. The Morgan fingerprint density at radius 2 is 1.74 bits per heavy atom. The molecule has 0 heterocycles. The van der Waals surface area contributed by atoms with E-state index in [9.17, 15) is 4.57 Å². The van der Waals surface area contributed by atoms with Gasteiger partial charge in [-0.1, -0.05) is 36.4 Å². The zero-order chi connectivity index (χ0) is 14.5. The van der Waals surface area contributed by atoms with E-state index in [1.807, 2.05) is 64.6 Å². The molecule has 5 heteroatoms. The zero-order valence-electron chi connectivity index (χ0n) is 12.2. The van der Waals surface area contributed by atoms with Crippen LogP contribution in [0.5, 0.6) is 0 Å². The van der Waals surface area contributed by atoms with Gasteiger partial charge in [-0.05, 0) is 40.2 Å². The molecule has 0 aromatic heterocycles. The Morgan fingerprint density at radius 1 is 1.21 bits per heavy atom. The Hall–Kier alpha value is -0.930. The van der Waals surface area contributed by atoms with E-state index in [4.69, 9.17) is 0 Å². The van der Waals surface area contributed by atoms with Gasteiger partial charge in [0.05, 0.1) is 0 Å². The van der Waals surface area contributed by atoms with Gasteiger partial charge >= 0.3 is 0 Å². The van der Waals surface area contributed by atoms with E-state index in [-0.39, 0.29) is 6.04 Å². The molecular weight excluding hydrogens is 257 g/mol. The summed E-state index contributed by atoms with van der Waals surface area (Å²) in [5, 5.41) is 3.28. The van der Waals surface area contributed by atoms with Gasteiger partial charge in [-0.2, -0.15) is 0 Å². The van der Waals surface area contributed by atoms with Crippen LogP contribution in [0.2, 0.25) is 0 Å². The molecule has 0 bridgehead atoms. The van der Waals surface area contributed by atoms with Gasteiger partial charge in [0.25, 0.3) is 7.59 Å². The van der Waals surface area contributed by atoms with Gasteiger partial charge in [0.2, 0.25) is 0 Å². The van der Waals surface area contributed by atoms with Crippen molar-refractivity contribution in [2.45, 2.75) is 12.5 Å². The van der Waals surface area contributed by atoms with Crippen molar-refractivity contribution in [3.63, 3.8) is 0 Å². The van der Waals surface area contributed by atoms with Gasteiger partial charge in [-0.15, -0.1) is 6.58 Å². The molecule has 0 aliphatic heterocycles. The third-order valence-corrected chi connectivity index (χ3v) is 5.83. The highest BCUT2D eigenvalue weighted by atomic mass is 31.2. The van der Waals surface area contributed by atoms with Crippen LogP contribution in [0.4, 0.5) is 0 Å². The Bertz CT molecular complexity index is 433. The van der Waals surface area contributed by atoms with Gasteiger partial charge in [0.15, 0.2) is 0 Å². The molecule has 1 aromatic carbocycles. The normalized spacial score (nSPS) is 13.8. The highest BCUT2D eigenvalue weighted by Crippen LogP contribution is 2.47. The van der Waals surface area contributed by atoms with Crippen molar-refractivity contribution >= 4 is 7.59 Å². The molecule has 0 saturated carbocycles. The number of nitrogens with zero attached hydrogens (tertiary/aromatic N) is 2. The van der Waals surface area contributed by atoms with Crippen LogP contribution in [0, 0.1) is 0 Å². The molecule has 0 fully saturated rings. The van der Waals surface area contributed by atoms with E-state index in [1.54, 1.807) is 9.34 Å². The van der Waals surface area contributed by atoms with E-state index >= 15 is 0 Å². The summed E-state index contributed by atoms with van der Waals surface area (Å²) in [5.41, 5.74) is 1.12. The number of nitrogens with one attached hydrogen (secondary N) is 1. The highest BCUT2D eigenvalue weighted by Gasteiger charge is 2.30. The van der Waals surface area contributed by atoms with Gasteiger partial charge < -0.3 is 0 Å². The predicted molar refractivity (Wildman–Crippen MR) is 82.1 cm³/mol. The molecule has 19 heavy (non-hydrogen) atoms. The highest BCUT2D eigenvalue weighted by molar-refractivity contribution is 7.56. The lowest BCUT2D eigenvalue weighted by molar-refractivity contribution is 0.420. The second-order valence-corrected chi connectivity index (χ2v) is 7.80. The fourth-order valence-corrected chi connectivity index (χ4v) is 3.74. The molecule has 0 aliphatic rings. The summed E-state index contributed by atoms with van der Waals surface area (Å²) in [6, 6.07) is 10.0. The predicted octanol–water partition coefficient (Wildman–Crippen LogP) is 3.12. The first-order valence-corrected chi connectivity index (χ1v) is 7.92. The van der Waals surface area contributed by atoms with Crippen molar-refractivity contribution < 1.29 is 4.57 Å². The van der Waals surface area contributed by atoms with Crippen LogP contribution in [0.1, 0.15) is 18.0 Å². The second kappa shape index (κ2) is 7.01. The van der Waals surface area contributed by atoms with Gasteiger partial charge in [-0.25, -0.2) is 14.4 Å². The molecule has 1 rings (SSSR count). The Labute approximate surface area is 116 Å². The van der Waals surface area contributed by atoms with Crippen molar-refractivity contribution in [3.8, 4) is 0 Å². The van der Waals surface area contributed by atoms with Crippen molar-refractivity contribution in [2.75, 3.05) is 28.2 Å². The lowest BCUT2D eigenvalue weighted by Crippen LogP contribution is -2.33. The third-order valence-electron chi connectivity index (χ3n) is 3.01. The molecule has 0 radical (unpaired) electrons. The van der Waals surface area contributed by atoms with Crippen LogP contribution in [0.3, 0.4) is 0 Å². The van der Waals surface area contributed by atoms with E-state index < -0.39 is 7.59 Å². The first kappa shape index (κ1) is 16.1. The maximum atomic E-state index is 13.0. The number of hydrogen-bond donors (Lipinski definition) is 1. The summed E-state index contributed by atoms with van der Waals surface area (Å²) in [4.78, 5) is 0. The molecule has 0 amide bonds. The number of benzene rings is 1. The van der Waals surface area contributed by atoms with Crippen LogP contribution >= 0.6 is 7.59 Å². The minimum Gasteiger partial charge on any atom is -0.271 e. The van der Waals surface area contributed by atoms with Gasteiger partial charge in [-0.3, -0.25) is 4.57 Å². The molecule has 1 aromatic rings. The monoisotopic (exact) mass is 281 g/mol. The molecule has 4 nitrogen and oxygen atoms in total. The maximum absolute atomic E-state index is 13.0. The van der Waals surface area contributed by atoms with Crippen LogP contribution < -0.4 is 5.09 Å². The summed E-state index contributed by atoms with van der Waals surface area (Å²) >= 11 is 0. The first-order chi connectivity index (χ1) is 8.91. The van der Waals surface area contributed by atoms with Gasteiger partial charge in [0.1, 0.15) is 0 Å². The molecule has 106 valence electrons. The van der Waals surface area contributed by atoms with E-state index in [0.717, 1.165) is 12.0 Å². The average Bonchev–Trinajstić information content (AvgIpc) is 2.38. The molecule has 0 aliphatic carbocycles. The van der Waals surface area contributed by atoms with E-state index in [0.29, 0.717) is 0 Å². The topological polar surface area (TPSA) is 35.6 Å². The molecule has 0 spiro atoms. The SMILES string of the molecule is C=CCC(NP(=O)(N(C)C)N(C)C)c1ccccc1. The van der Waals surface area contributed by atoms with E-state index in [1.165, 1.54) is 0 Å². The fourth-order valence-electron chi connectivity index (χ4n) is 1.91. The van der Waals surface area contributed by atoms with Gasteiger partial charge in [0, 0.05) is 6.04 Å². The van der Waals surface area contributed by atoms with Crippen LogP contribution in [-0.4, -0.2) is 37.5 Å². The van der Waals surface area contributed by atoms with Crippen LogP contribution in [0.15, 0.2) is 43.0 Å². The summed E-state index contributed by atoms with van der Waals surface area (Å²) in [7, 11) is 4.55. The number of hydrogen-bond acceptors (Lipinski definition) is 1. The van der Waals surface area contributed by atoms with Crippen molar-refractivity contribution in [3.05, 3.63) is 48.6 Å². The summed E-state index contributed by atoms with van der Waals surface area (Å²) < 4.78 is 16.5. The molecule has 1 unspecified atom stereocenters. The first-order valence-electron chi connectivity index (χ1n) is 6.31. The quantitative estimate of drug-likeness (QED) is 0.615. The molecule has 1 N–H and O–H groups in total. The Kier molecular flexibility index (Phi) is 5.95. The lowest BCUT2D eigenvalue weighted by atomic mass is 10.1. The summed E-state index contributed by atoms with van der Waals surface area (Å²) in [6.07, 6.45) is 2.58. The Balaban J connectivity index is 3.02. The summed E-state index contributed by atoms with van der Waals surface area (Å²) in [5.74, 6) is 0. The minimum atomic E-state index is -2.75. The average molecular weight is 281 g/mol. The number of rotatable bonds is 7. The Morgan fingerprint density at radius 3 is 2.16 bits per heavy atom. The van der Waals surface area contributed by atoms with Crippen LogP contribution in [-0.2, 0) is 4.57 Å². The second-order valence-electron chi connectivity index (χ2n) is 4.86.